The molecular formula is C14H21F3IN3O. The third kappa shape index (κ3) is 8.96. The van der Waals surface area contributed by atoms with Gasteiger partial charge in [0.25, 0.3) is 0 Å². The molecule has 0 fully saturated rings. The Morgan fingerprint density at radius 1 is 1.32 bits per heavy atom. The lowest BCUT2D eigenvalue weighted by molar-refractivity contribution is -0.153. The van der Waals surface area contributed by atoms with Crippen LogP contribution in [0.5, 0.6) is 5.75 Å². The predicted octanol–water partition coefficient (Wildman–Crippen LogP) is 3.45. The summed E-state index contributed by atoms with van der Waals surface area (Å²) in [7, 11) is 0. The highest BCUT2D eigenvalue weighted by Crippen LogP contribution is 2.22. The van der Waals surface area contributed by atoms with E-state index in [1.807, 2.05) is 0 Å². The predicted molar refractivity (Wildman–Crippen MR) is 91.6 cm³/mol. The molecule has 0 aliphatic rings. The van der Waals surface area contributed by atoms with Crippen LogP contribution in [0.2, 0.25) is 0 Å². The molecule has 1 rings (SSSR count). The van der Waals surface area contributed by atoms with Gasteiger partial charge in [0.1, 0.15) is 5.75 Å². The summed E-state index contributed by atoms with van der Waals surface area (Å²) >= 11 is 0. The molecular weight excluding hydrogens is 410 g/mol. The molecule has 3 N–H and O–H groups in total. The lowest BCUT2D eigenvalue weighted by atomic mass is 10.2. The van der Waals surface area contributed by atoms with Crippen LogP contribution >= 0.6 is 24.0 Å². The van der Waals surface area contributed by atoms with E-state index in [0.29, 0.717) is 5.56 Å². The Labute approximate surface area is 145 Å². The number of para-hydroxylation sites is 1. The van der Waals surface area contributed by atoms with Crippen LogP contribution in [0.4, 0.5) is 13.2 Å². The lowest BCUT2D eigenvalue weighted by Crippen LogP contribution is -2.32. The summed E-state index contributed by atoms with van der Waals surface area (Å²) in [5.74, 6) is 0.439. The van der Waals surface area contributed by atoms with Crippen molar-refractivity contribution >= 4 is 29.9 Å². The summed E-state index contributed by atoms with van der Waals surface area (Å²) in [6.07, 6.45) is -2.35. The Morgan fingerprint density at radius 2 is 2.00 bits per heavy atom. The smallest absolute Gasteiger partial charge is 0.422 e. The zero-order valence-corrected chi connectivity index (χ0v) is 14.7. The number of alkyl halides is 3. The van der Waals surface area contributed by atoms with Gasteiger partial charge in [-0.15, -0.1) is 24.0 Å². The van der Waals surface area contributed by atoms with Gasteiger partial charge in [0, 0.05) is 12.1 Å². The van der Waals surface area contributed by atoms with Crippen LogP contribution in [0.25, 0.3) is 0 Å². The van der Waals surface area contributed by atoms with Crippen molar-refractivity contribution in [1.82, 2.24) is 5.32 Å². The fraction of sp³-hybridized carbons (Fsp3) is 0.500. The number of ether oxygens (including phenoxy) is 1. The molecule has 0 aliphatic heterocycles. The van der Waals surface area contributed by atoms with Crippen molar-refractivity contribution in [3.63, 3.8) is 0 Å². The Kier molecular flexibility index (Phi) is 9.95. The third-order valence-electron chi connectivity index (χ3n) is 2.62. The molecule has 0 amide bonds. The highest BCUT2D eigenvalue weighted by atomic mass is 127. The number of hydrogen-bond donors (Lipinski definition) is 2. The van der Waals surface area contributed by atoms with Crippen molar-refractivity contribution in [2.75, 3.05) is 13.2 Å². The average Bonchev–Trinajstić information content (AvgIpc) is 2.43. The first-order valence-electron chi connectivity index (χ1n) is 6.73. The molecule has 0 unspecified atom stereocenters. The fourth-order valence-corrected chi connectivity index (χ4v) is 1.55. The van der Waals surface area contributed by atoms with Gasteiger partial charge in [-0.05, 0) is 12.5 Å². The van der Waals surface area contributed by atoms with E-state index in [4.69, 9.17) is 10.5 Å². The summed E-state index contributed by atoms with van der Waals surface area (Å²) in [5.41, 5.74) is 6.23. The topological polar surface area (TPSA) is 59.6 Å². The molecule has 0 saturated heterocycles. The largest absolute Gasteiger partial charge is 0.484 e. The van der Waals surface area contributed by atoms with Gasteiger partial charge in [0.2, 0.25) is 0 Å². The Morgan fingerprint density at radius 3 is 2.64 bits per heavy atom. The maximum absolute atomic E-state index is 12.2. The van der Waals surface area contributed by atoms with E-state index in [-0.39, 0.29) is 42.2 Å². The van der Waals surface area contributed by atoms with Gasteiger partial charge < -0.3 is 15.8 Å². The molecule has 0 radical (unpaired) electrons. The van der Waals surface area contributed by atoms with E-state index in [1.165, 1.54) is 6.07 Å². The highest BCUT2D eigenvalue weighted by Gasteiger charge is 2.28. The van der Waals surface area contributed by atoms with Crippen LogP contribution < -0.4 is 15.8 Å². The number of unbranched alkanes of at least 4 members (excludes halogenated alkanes) is 1. The lowest BCUT2D eigenvalue weighted by Gasteiger charge is -2.12. The number of halogens is 4. The summed E-state index contributed by atoms with van der Waals surface area (Å²) in [6, 6.07) is 6.47. The van der Waals surface area contributed by atoms with Gasteiger partial charge in [0.05, 0.1) is 6.54 Å². The standard InChI is InChI=1S/C14H20F3N3O.HI/c1-2-3-8-19-13(18)20-9-11-6-4-5-7-12(11)21-10-14(15,16)17;/h4-7H,2-3,8-10H2,1H3,(H3,18,19,20);1H. The molecule has 22 heavy (non-hydrogen) atoms. The van der Waals surface area contributed by atoms with Gasteiger partial charge in [-0.3, -0.25) is 0 Å². The van der Waals surface area contributed by atoms with E-state index in [1.54, 1.807) is 18.2 Å². The maximum atomic E-state index is 12.2. The molecule has 4 nitrogen and oxygen atoms in total. The zero-order valence-electron chi connectivity index (χ0n) is 12.3. The minimum absolute atomic E-state index is 0. The Hall–Kier alpha value is -1.19. The molecule has 0 spiro atoms. The number of rotatable bonds is 7. The molecule has 1 aromatic carbocycles. The molecule has 1 aromatic rings. The van der Waals surface area contributed by atoms with Crippen LogP contribution in [0, 0.1) is 0 Å². The van der Waals surface area contributed by atoms with E-state index in [9.17, 15) is 13.2 Å². The van der Waals surface area contributed by atoms with Crippen molar-refractivity contribution in [2.45, 2.75) is 32.5 Å². The van der Waals surface area contributed by atoms with Gasteiger partial charge in [0.15, 0.2) is 12.6 Å². The SMILES string of the molecule is CCCCNC(N)=NCc1ccccc1OCC(F)(F)F.I. The van der Waals surface area contributed by atoms with Crippen LogP contribution in [0.15, 0.2) is 29.3 Å². The van der Waals surface area contributed by atoms with Crippen molar-refractivity contribution < 1.29 is 17.9 Å². The first kappa shape index (κ1) is 20.8. The van der Waals surface area contributed by atoms with Crippen LogP contribution in [-0.4, -0.2) is 25.3 Å². The molecule has 0 aromatic heterocycles. The molecule has 126 valence electrons. The number of nitrogens with one attached hydrogen (secondary N) is 1. The van der Waals surface area contributed by atoms with Crippen LogP contribution in [-0.2, 0) is 6.54 Å². The minimum Gasteiger partial charge on any atom is -0.484 e. The second-order valence-corrected chi connectivity index (χ2v) is 4.49. The Balaban J connectivity index is 0.00000441. The molecule has 0 bridgehead atoms. The van der Waals surface area contributed by atoms with E-state index >= 15 is 0 Å². The maximum Gasteiger partial charge on any atom is 0.422 e. The monoisotopic (exact) mass is 431 g/mol. The van der Waals surface area contributed by atoms with Gasteiger partial charge in [-0.25, -0.2) is 4.99 Å². The van der Waals surface area contributed by atoms with Gasteiger partial charge >= 0.3 is 6.18 Å². The first-order chi connectivity index (χ1) is 9.92. The van der Waals surface area contributed by atoms with Crippen molar-refractivity contribution in [3.05, 3.63) is 29.8 Å². The van der Waals surface area contributed by atoms with E-state index < -0.39 is 12.8 Å². The van der Waals surface area contributed by atoms with Crippen LogP contribution in [0.1, 0.15) is 25.3 Å². The molecule has 8 heteroatoms. The molecule has 0 aliphatic carbocycles. The zero-order chi connectivity index (χ0) is 15.7. The van der Waals surface area contributed by atoms with E-state index in [0.717, 1.165) is 19.4 Å². The highest BCUT2D eigenvalue weighted by molar-refractivity contribution is 14.0. The summed E-state index contributed by atoms with van der Waals surface area (Å²) in [5, 5.41) is 2.94. The quantitative estimate of drug-likeness (QED) is 0.301. The average molecular weight is 431 g/mol. The van der Waals surface area contributed by atoms with Crippen molar-refractivity contribution in [3.8, 4) is 5.75 Å². The third-order valence-corrected chi connectivity index (χ3v) is 2.62. The molecule has 0 heterocycles. The summed E-state index contributed by atoms with van der Waals surface area (Å²) < 4.78 is 41.3. The number of benzene rings is 1. The molecule has 0 saturated carbocycles. The number of hydrogen-bond acceptors (Lipinski definition) is 2. The second-order valence-electron chi connectivity index (χ2n) is 4.49. The second kappa shape index (κ2) is 10.5. The molecule has 0 atom stereocenters. The van der Waals surface area contributed by atoms with Crippen molar-refractivity contribution in [2.24, 2.45) is 10.7 Å². The first-order valence-corrected chi connectivity index (χ1v) is 6.73. The normalized spacial score (nSPS) is 11.7. The fourth-order valence-electron chi connectivity index (χ4n) is 1.55. The summed E-state index contributed by atoms with van der Waals surface area (Å²) in [6.45, 7) is 1.62. The van der Waals surface area contributed by atoms with Crippen LogP contribution in [0.3, 0.4) is 0 Å². The van der Waals surface area contributed by atoms with Gasteiger partial charge in [-0.1, -0.05) is 31.5 Å². The number of guanidine groups is 1. The van der Waals surface area contributed by atoms with E-state index in [2.05, 4.69) is 17.2 Å². The summed E-state index contributed by atoms with van der Waals surface area (Å²) in [4.78, 5) is 4.09. The minimum atomic E-state index is -4.36. The number of nitrogens with two attached hydrogens (primary N) is 1. The number of nitrogens with zero attached hydrogens (tertiary/aromatic N) is 1. The van der Waals surface area contributed by atoms with Gasteiger partial charge in [-0.2, -0.15) is 13.2 Å². The Bertz CT molecular complexity index is 467. The van der Waals surface area contributed by atoms with Crippen molar-refractivity contribution in [1.29, 1.82) is 0 Å². The number of aliphatic imine (C=N–C) groups is 1.